The number of aliphatic hydroxyl groups excluding tert-OH is 2. The smallest absolute Gasteiger partial charge is 0.161 e. The first-order chi connectivity index (χ1) is 6.72. The van der Waals surface area contributed by atoms with E-state index in [4.69, 9.17) is 14.6 Å². The molecule has 1 aromatic carbocycles. The molecule has 0 radical (unpaired) electrons. The molecule has 4 nitrogen and oxygen atoms in total. The van der Waals surface area contributed by atoms with Crippen LogP contribution in [0.25, 0.3) is 0 Å². The van der Waals surface area contributed by atoms with E-state index < -0.39 is 6.10 Å². The zero-order valence-electron chi connectivity index (χ0n) is 8.23. The molecule has 0 aromatic heterocycles. The van der Waals surface area contributed by atoms with E-state index in [1.807, 2.05) is 0 Å². The lowest BCUT2D eigenvalue weighted by Gasteiger charge is -2.11. The van der Waals surface area contributed by atoms with Crippen LogP contribution in [0.3, 0.4) is 0 Å². The van der Waals surface area contributed by atoms with E-state index in [-0.39, 0.29) is 6.61 Å². The zero-order valence-corrected chi connectivity index (χ0v) is 8.23. The molecule has 0 spiro atoms. The zero-order chi connectivity index (χ0) is 10.6. The summed E-state index contributed by atoms with van der Waals surface area (Å²) in [6.07, 6.45) is -0.880. The van der Waals surface area contributed by atoms with Crippen molar-refractivity contribution in [3.8, 4) is 11.5 Å². The first kappa shape index (κ1) is 10.8. The summed E-state index contributed by atoms with van der Waals surface area (Å²) in [4.78, 5) is 0. The molecule has 0 fully saturated rings. The number of ether oxygens (including phenoxy) is 2. The van der Waals surface area contributed by atoms with Crippen LogP contribution in [0.4, 0.5) is 0 Å². The van der Waals surface area contributed by atoms with Crippen LogP contribution in [-0.4, -0.2) is 31.0 Å². The Kier molecular flexibility index (Phi) is 3.73. The highest BCUT2D eigenvalue weighted by Gasteiger charge is 2.10. The minimum Gasteiger partial charge on any atom is -0.493 e. The van der Waals surface area contributed by atoms with Crippen LogP contribution in [0.5, 0.6) is 11.5 Å². The van der Waals surface area contributed by atoms with Gasteiger partial charge in [0.25, 0.3) is 0 Å². The number of aliphatic hydroxyl groups is 2. The van der Waals surface area contributed by atoms with Gasteiger partial charge in [-0.1, -0.05) is 6.07 Å². The second kappa shape index (κ2) is 4.83. The van der Waals surface area contributed by atoms with Gasteiger partial charge in [0.1, 0.15) is 6.10 Å². The Morgan fingerprint density at radius 3 is 2.36 bits per heavy atom. The molecule has 1 rings (SSSR count). The van der Waals surface area contributed by atoms with Crippen molar-refractivity contribution in [2.24, 2.45) is 0 Å². The summed E-state index contributed by atoms with van der Waals surface area (Å²) in [5.74, 6) is 1.14. The molecule has 0 saturated carbocycles. The third kappa shape index (κ3) is 2.16. The van der Waals surface area contributed by atoms with E-state index in [1.54, 1.807) is 25.3 Å². The topological polar surface area (TPSA) is 58.9 Å². The fourth-order valence-electron chi connectivity index (χ4n) is 1.17. The molecular formula is C10H14O4. The van der Waals surface area contributed by atoms with Gasteiger partial charge < -0.3 is 19.7 Å². The summed E-state index contributed by atoms with van der Waals surface area (Å²) in [5, 5.41) is 18.1. The van der Waals surface area contributed by atoms with Crippen LogP contribution in [-0.2, 0) is 0 Å². The fourth-order valence-corrected chi connectivity index (χ4v) is 1.17. The van der Waals surface area contributed by atoms with Gasteiger partial charge in [-0.2, -0.15) is 0 Å². The molecule has 1 atom stereocenters. The first-order valence-corrected chi connectivity index (χ1v) is 4.23. The Morgan fingerprint density at radius 1 is 1.21 bits per heavy atom. The third-order valence-corrected chi connectivity index (χ3v) is 1.97. The Bertz CT molecular complexity index is 298. The van der Waals surface area contributed by atoms with Crippen molar-refractivity contribution >= 4 is 0 Å². The predicted octanol–water partition coefficient (Wildman–Crippen LogP) is 0.729. The van der Waals surface area contributed by atoms with Gasteiger partial charge in [0, 0.05) is 0 Å². The first-order valence-electron chi connectivity index (χ1n) is 4.23. The van der Waals surface area contributed by atoms with Crippen molar-refractivity contribution in [3.63, 3.8) is 0 Å². The quantitative estimate of drug-likeness (QED) is 0.748. The summed E-state index contributed by atoms with van der Waals surface area (Å²) in [7, 11) is 3.06. The van der Waals surface area contributed by atoms with Crippen molar-refractivity contribution in [2.45, 2.75) is 6.10 Å². The number of hydrogen-bond donors (Lipinski definition) is 2. The molecule has 1 unspecified atom stereocenters. The van der Waals surface area contributed by atoms with Crippen molar-refractivity contribution < 1.29 is 19.7 Å². The van der Waals surface area contributed by atoms with Crippen LogP contribution >= 0.6 is 0 Å². The summed E-state index contributed by atoms with van der Waals surface area (Å²) < 4.78 is 10.1. The van der Waals surface area contributed by atoms with Crippen LogP contribution in [0.15, 0.2) is 18.2 Å². The van der Waals surface area contributed by atoms with Gasteiger partial charge in [0.2, 0.25) is 0 Å². The second-order valence-electron chi connectivity index (χ2n) is 2.81. The number of methoxy groups -OCH3 is 2. The molecule has 78 valence electrons. The van der Waals surface area contributed by atoms with Crippen LogP contribution in [0.2, 0.25) is 0 Å². The second-order valence-corrected chi connectivity index (χ2v) is 2.81. The van der Waals surface area contributed by atoms with E-state index in [0.29, 0.717) is 17.1 Å². The minimum atomic E-state index is -0.880. The molecule has 0 aliphatic heterocycles. The number of hydrogen-bond acceptors (Lipinski definition) is 4. The molecule has 2 N–H and O–H groups in total. The molecule has 0 heterocycles. The Balaban J connectivity index is 3.01. The molecule has 0 aliphatic carbocycles. The van der Waals surface area contributed by atoms with Gasteiger partial charge in [0.05, 0.1) is 20.8 Å². The average molecular weight is 198 g/mol. The van der Waals surface area contributed by atoms with Crippen molar-refractivity contribution in [2.75, 3.05) is 20.8 Å². The average Bonchev–Trinajstić information content (AvgIpc) is 2.26. The molecule has 1 aromatic rings. The number of rotatable bonds is 4. The van der Waals surface area contributed by atoms with Gasteiger partial charge in [-0.25, -0.2) is 0 Å². The lowest BCUT2D eigenvalue weighted by atomic mass is 10.1. The van der Waals surface area contributed by atoms with Gasteiger partial charge in [-0.3, -0.25) is 0 Å². The highest BCUT2D eigenvalue weighted by molar-refractivity contribution is 5.43. The largest absolute Gasteiger partial charge is 0.493 e. The van der Waals surface area contributed by atoms with Gasteiger partial charge in [-0.05, 0) is 17.7 Å². The molecular weight excluding hydrogens is 184 g/mol. The predicted molar refractivity (Wildman–Crippen MR) is 51.6 cm³/mol. The Hall–Kier alpha value is -1.26. The van der Waals surface area contributed by atoms with Gasteiger partial charge >= 0.3 is 0 Å². The van der Waals surface area contributed by atoms with E-state index in [9.17, 15) is 5.11 Å². The van der Waals surface area contributed by atoms with E-state index >= 15 is 0 Å². The van der Waals surface area contributed by atoms with E-state index in [0.717, 1.165) is 0 Å². The lowest BCUT2D eigenvalue weighted by molar-refractivity contribution is 0.0953. The normalized spacial score (nSPS) is 12.3. The summed E-state index contributed by atoms with van der Waals surface area (Å²) >= 11 is 0. The highest BCUT2D eigenvalue weighted by atomic mass is 16.5. The van der Waals surface area contributed by atoms with Crippen molar-refractivity contribution in [1.82, 2.24) is 0 Å². The third-order valence-electron chi connectivity index (χ3n) is 1.97. The number of benzene rings is 1. The molecule has 4 heteroatoms. The summed E-state index contributed by atoms with van der Waals surface area (Å²) in [6, 6.07) is 5.01. The maximum Gasteiger partial charge on any atom is 0.161 e. The molecule has 0 aliphatic rings. The van der Waals surface area contributed by atoms with Crippen molar-refractivity contribution in [1.29, 1.82) is 0 Å². The van der Waals surface area contributed by atoms with Gasteiger partial charge in [0.15, 0.2) is 11.5 Å². The fraction of sp³-hybridized carbons (Fsp3) is 0.400. The standard InChI is InChI=1S/C10H14O4/c1-13-9-4-3-7(8(12)6-11)5-10(9)14-2/h3-5,8,11-12H,6H2,1-2H3. The van der Waals surface area contributed by atoms with Crippen LogP contribution in [0.1, 0.15) is 11.7 Å². The van der Waals surface area contributed by atoms with Crippen molar-refractivity contribution in [3.05, 3.63) is 23.8 Å². The van der Waals surface area contributed by atoms with E-state index in [2.05, 4.69) is 0 Å². The molecule has 14 heavy (non-hydrogen) atoms. The van der Waals surface area contributed by atoms with Crippen LogP contribution in [0, 0.1) is 0 Å². The molecule has 0 bridgehead atoms. The molecule has 0 saturated heterocycles. The lowest BCUT2D eigenvalue weighted by Crippen LogP contribution is -2.03. The summed E-state index contributed by atoms with van der Waals surface area (Å²) in [5.41, 5.74) is 0.602. The Labute approximate surface area is 82.7 Å². The maximum atomic E-state index is 9.37. The van der Waals surface area contributed by atoms with Crippen LogP contribution < -0.4 is 9.47 Å². The van der Waals surface area contributed by atoms with Gasteiger partial charge in [-0.15, -0.1) is 0 Å². The SMILES string of the molecule is COc1ccc(C(O)CO)cc1OC. The molecule has 0 amide bonds. The summed E-state index contributed by atoms with van der Waals surface area (Å²) in [6.45, 7) is -0.310. The van der Waals surface area contributed by atoms with E-state index in [1.165, 1.54) is 7.11 Å². The highest BCUT2D eigenvalue weighted by Crippen LogP contribution is 2.29. The minimum absolute atomic E-state index is 0.310. The monoisotopic (exact) mass is 198 g/mol. The Morgan fingerprint density at radius 2 is 1.86 bits per heavy atom. The maximum absolute atomic E-state index is 9.37.